The molecule has 0 amide bonds. The van der Waals surface area contributed by atoms with E-state index in [2.05, 4.69) is 18.7 Å². The van der Waals surface area contributed by atoms with Crippen molar-refractivity contribution in [2.45, 2.75) is 70.9 Å². The summed E-state index contributed by atoms with van der Waals surface area (Å²) < 4.78 is 14.9. The summed E-state index contributed by atoms with van der Waals surface area (Å²) in [6, 6.07) is 0. The molecule has 1 fully saturated rings. The van der Waals surface area contributed by atoms with Crippen LogP contribution in [0.25, 0.3) is 0 Å². The molecule has 0 unspecified atom stereocenters. The quantitative estimate of drug-likeness (QED) is 0.729. The Kier molecular flexibility index (Phi) is 6.75. The maximum atomic E-state index is 14.9. The maximum absolute atomic E-state index is 14.9. The summed E-state index contributed by atoms with van der Waals surface area (Å²) in [6.07, 6.45) is 8.06. The van der Waals surface area contributed by atoms with Crippen molar-refractivity contribution in [3.8, 4) is 0 Å². The van der Waals surface area contributed by atoms with Crippen LogP contribution in [0.5, 0.6) is 0 Å². The van der Waals surface area contributed by atoms with Crippen molar-refractivity contribution in [3.63, 3.8) is 0 Å². The predicted molar refractivity (Wildman–Crippen MR) is 81.1 cm³/mol. The van der Waals surface area contributed by atoms with Crippen molar-refractivity contribution in [1.82, 2.24) is 4.90 Å². The number of nitrogens with zero attached hydrogens (tertiary/aromatic N) is 1. The third kappa shape index (κ3) is 5.03. The minimum Gasteiger partial charge on any atom is -0.330 e. The van der Waals surface area contributed by atoms with Gasteiger partial charge < -0.3 is 10.6 Å². The van der Waals surface area contributed by atoms with Crippen LogP contribution in [-0.2, 0) is 0 Å². The average Bonchev–Trinajstić information content (AvgIpc) is 2.34. The monoisotopic (exact) mass is 272 g/mol. The molecule has 0 spiro atoms. The number of nitrogens with two attached hydrogens (primary N) is 1. The van der Waals surface area contributed by atoms with E-state index in [9.17, 15) is 4.39 Å². The van der Waals surface area contributed by atoms with Crippen LogP contribution in [0.4, 0.5) is 4.39 Å². The second-order valence-corrected chi connectivity index (χ2v) is 6.68. The van der Waals surface area contributed by atoms with Gasteiger partial charge in [-0.3, -0.25) is 0 Å². The summed E-state index contributed by atoms with van der Waals surface area (Å²) >= 11 is 0. The van der Waals surface area contributed by atoms with Crippen LogP contribution in [0, 0.1) is 5.41 Å². The van der Waals surface area contributed by atoms with Gasteiger partial charge in [-0.1, -0.05) is 20.3 Å². The fourth-order valence-corrected chi connectivity index (χ4v) is 3.79. The average molecular weight is 272 g/mol. The lowest BCUT2D eigenvalue weighted by molar-refractivity contribution is 0.00822. The summed E-state index contributed by atoms with van der Waals surface area (Å²) in [6.45, 7) is 6.72. The van der Waals surface area contributed by atoms with Crippen LogP contribution >= 0.6 is 0 Å². The first-order valence-electron chi connectivity index (χ1n) is 8.07. The molecule has 19 heavy (non-hydrogen) atoms. The highest BCUT2D eigenvalue weighted by molar-refractivity contribution is 4.94. The Balaban J connectivity index is 2.53. The van der Waals surface area contributed by atoms with E-state index in [1.165, 1.54) is 12.8 Å². The zero-order valence-corrected chi connectivity index (χ0v) is 13.2. The van der Waals surface area contributed by atoms with Crippen molar-refractivity contribution in [2.75, 3.05) is 26.7 Å². The van der Waals surface area contributed by atoms with Gasteiger partial charge in [-0.25, -0.2) is 4.39 Å². The molecule has 114 valence electrons. The zero-order chi connectivity index (χ0) is 14.4. The van der Waals surface area contributed by atoms with Crippen LogP contribution in [0.2, 0.25) is 0 Å². The number of hydrogen-bond donors (Lipinski definition) is 1. The summed E-state index contributed by atoms with van der Waals surface area (Å²) in [5.74, 6) is 0. The van der Waals surface area contributed by atoms with Gasteiger partial charge in [0.25, 0.3) is 0 Å². The van der Waals surface area contributed by atoms with E-state index in [4.69, 9.17) is 5.73 Å². The minimum absolute atomic E-state index is 0.336. The number of halogens is 1. The Hall–Kier alpha value is -0.150. The van der Waals surface area contributed by atoms with Crippen molar-refractivity contribution in [1.29, 1.82) is 0 Å². The first-order valence-corrected chi connectivity index (χ1v) is 8.07. The van der Waals surface area contributed by atoms with E-state index in [0.29, 0.717) is 12.0 Å². The highest BCUT2D eigenvalue weighted by atomic mass is 19.1. The molecule has 0 heterocycles. The van der Waals surface area contributed by atoms with Gasteiger partial charge in [0, 0.05) is 6.54 Å². The SMILES string of the molecule is CCCN(C)CC1(F)CCC(CCC)(CCN)CC1. The lowest BCUT2D eigenvalue weighted by atomic mass is 9.65. The van der Waals surface area contributed by atoms with Gasteiger partial charge in [-0.05, 0) is 70.5 Å². The van der Waals surface area contributed by atoms with Crippen molar-refractivity contribution >= 4 is 0 Å². The van der Waals surface area contributed by atoms with Gasteiger partial charge in [0.15, 0.2) is 0 Å². The molecule has 0 aromatic carbocycles. The first kappa shape index (κ1) is 16.9. The Labute approximate surface area is 118 Å². The molecule has 0 aromatic heterocycles. The normalized spacial score (nSPS) is 31.9. The standard InChI is InChI=1S/C16H33FN2/c1-4-6-15(11-12-18)7-9-16(17,10-8-15)14-19(3)13-5-2/h4-14,18H2,1-3H3. The molecule has 3 heteroatoms. The molecule has 1 aliphatic carbocycles. The van der Waals surface area contributed by atoms with E-state index in [1.807, 2.05) is 7.05 Å². The summed E-state index contributed by atoms with van der Waals surface area (Å²) in [4.78, 5) is 2.15. The van der Waals surface area contributed by atoms with Crippen molar-refractivity contribution < 1.29 is 4.39 Å². The van der Waals surface area contributed by atoms with Crippen LogP contribution in [0.1, 0.15) is 65.2 Å². The number of alkyl halides is 1. The fraction of sp³-hybridized carbons (Fsp3) is 1.00. The smallest absolute Gasteiger partial charge is 0.123 e. The first-order chi connectivity index (χ1) is 8.99. The van der Waals surface area contributed by atoms with Gasteiger partial charge in [-0.2, -0.15) is 0 Å². The Morgan fingerprint density at radius 2 is 1.68 bits per heavy atom. The molecule has 0 aromatic rings. The van der Waals surface area contributed by atoms with Crippen LogP contribution in [-0.4, -0.2) is 37.3 Å². The highest BCUT2D eigenvalue weighted by Crippen LogP contribution is 2.47. The Morgan fingerprint density at radius 3 is 2.16 bits per heavy atom. The predicted octanol–water partition coefficient (Wildman–Crippen LogP) is 3.75. The molecule has 1 rings (SSSR count). The van der Waals surface area contributed by atoms with E-state index >= 15 is 0 Å². The molecule has 0 bridgehead atoms. The van der Waals surface area contributed by atoms with Gasteiger partial charge in [0.2, 0.25) is 0 Å². The summed E-state index contributed by atoms with van der Waals surface area (Å²) in [5.41, 5.74) is 5.13. The summed E-state index contributed by atoms with van der Waals surface area (Å²) in [5, 5.41) is 0. The fourth-order valence-electron chi connectivity index (χ4n) is 3.79. The van der Waals surface area contributed by atoms with Crippen LogP contribution in [0.3, 0.4) is 0 Å². The molecular formula is C16H33FN2. The van der Waals surface area contributed by atoms with E-state index < -0.39 is 5.67 Å². The van der Waals surface area contributed by atoms with E-state index in [0.717, 1.165) is 51.6 Å². The molecular weight excluding hydrogens is 239 g/mol. The number of rotatable bonds is 8. The number of hydrogen-bond acceptors (Lipinski definition) is 2. The third-order valence-electron chi connectivity index (χ3n) is 4.82. The molecule has 0 saturated heterocycles. The summed E-state index contributed by atoms with van der Waals surface area (Å²) in [7, 11) is 2.04. The molecule has 0 aliphatic heterocycles. The lowest BCUT2D eigenvalue weighted by Gasteiger charge is -2.44. The van der Waals surface area contributed by atoms with E-state index in [1.54, 1.807) is 0 Å². The molecule has 2 N–H and O–H groups in total. The molecule has 0 radical (unpaired) electrons. The maximum Gasteiger partial charge on any atom is 0.123 e. The third-order valence-corrected chi connectivity index (χ3v) is 4.82. The molecule has 1 saturated carbocycles. The van der Waals surface area contributed by atoms with Crippen molar-refractivity contribution in [2.24, 2.45) is 11.1 Å². The van der Waals surface area contributed by atoms with Crippen LogP contribution < -0.4 is 5.73 Å². The Bertz CT molecular complexity index is 239. The van der Waals surface area contributed by atoms with Crippen molar-refractivity contribution in [3.05, 3.63) is 0 Å². The topological polar surface area (TPSA) is 29.3 Å². The molecule has 0 atom stereocenters. The Morgan fingerprint density at radius 1 is 1.05 bits per heavy atom. The second-order valence-electron chi connectivity index (χ2n) is 6.68. The second kappa shape index (κ2) is 7.58. The van der Waals surface area contributed by atoms with Gasteiger partial charge in [-0.15, -0.1) is 0 Å². The molecule has 1 aliphatic rings. The highest BCUT2D eigenvalue weighted by Gasteiger charge is 2.42. The van der Waals surface area contributed by atoms with Gasteiger partial charge in [0.05, 0.1) is 0 Å². The van der Waals surface area contributed by atoms with Gasteiger partial charge >= 0.3 is 0 Å². The van der Waals surface area contributed by atoms with Crippen LogP contribution in [0.15, 0.2) is 0 Å². The van der Waals surface area contributed by atoms with E-state index in [-0.39, 0.29) is 0 Å². The minimum atomic E-state index is -0.963. The zero-order valence-electron chi connectivity index (χ0n) is 13.2. The lowest BCUT2D eigenvalue weighted by Crippen LogP contribution is -2.44. The molecule has 2 nitrogen and oxygen atoms in total. The largest absolute Gasteiger partial charge is 0.330 e. The van der Waals surface area contributed by atoms with Gasteiger partial charge in [0.1, 0.15) is 5.67 Å².